The van der Waals surface area contributed by atoms with Gasteiger partial charge in [-0.2, -0.15) is 0 Å². The molecule has 2 heterocycles. The highest BCUT2D eigenvalue weighted by atomic mass is 35.5. The zero-order chi connectivity index (χ0) is 25.4. The molecule has 1 aromatic carbocycles. The highest BCUT2D eigenvalue weighted by Gasteiger charge is 2.26. The van der Waals surface area contributed by atoms with Gasteiger partial charge in [0, 0.05) is 32.0 Å². The van der Waals surface area contributed by atoms with Gasteiger partial charge in [0.2, 0.25) is 0 Å². The fourth-order valence-electron chi connectivity index (χ4n) is 4.08. The number of piperidine rings is 1. The van der Waals surface area contributed by atoms with Crippen LogP contribution in [0, 0.1) is 5.92 Å². The number of phenolic OH excluding ortho intramolecular Hbond substituents is 2. The van der Waals surface area contributed by atoms with E-state index in [-0.39, 0.29) is 46.8 Å². The number of oxime groups is 1. The Morgan fingerprint density at radius 1 is 1.17 bits per heavy atom. The smallest absolute Gasteiger partial charge is 0.342 e. The third kappa shape index (κ3) is 7.49. The zero-order valence-corrected chi connectivity index (χ0v) is 21.0. The summed E-state index contributed by atoms with van der Waals surface area (Å²) < 4.78 is 5.52. The number of nitrogens with zero attached hydrogens (tertiary/aromatic N) is 2. The normalized spacial score (nSPS) is 24.7. The van der Waals surface area contributed by atoms with E-state index in [0.717, 1.165) is 31.7 Å². The van der Waals surface area contributed by atoms with Gasteiger partial charge >= 0.3 is 5.97 Å². The molecule has 0 aromatic heterocycles. The van der Waals surface area contributed by atoms with Crippen LogP contribution in [-0.2, 0) is 20.8 Å². The predicted molar refractivity (Wildman–Crippen MR) is 134 cm³/mol. The lowest BCUT2D eigenvalue weighted by Crippen LogP contribution is -2.37. The van der Waals surface area contributed by atoms with E-state index in [2.05, 4.69) is 12.1 Å². The largest absolute Gasteiger partial charge is 0.507 e. The number of cyclic esters (lactones) is 1. The van der Waals surface area contributed by atoms with Crippen molar-refractivity contribution in [2.24, 2.45) is 11.1 Å². The Hall–Kier alpha value is -3.00. The van der Waals surface area contributed by atoms with E-state index < -0.39 is 17.8 Å². The number of benzene rings is 1. The third-order valence-electron chi connectivity index (χ3n) is 6.02. The minimum absolute atomic E-state index is 0.0295. The number of aromatic hydroxyl groups is 2. The molecule has 9 heteroatoms. The molecule has 2 N–H and O–H groups in total. The molecular weight excluding hydrogens is 472 g/mol. The van der Waals surface area contributed by atoms with Crippen LogP contribution in [0.2, 0.25) is 5.02 Å². The van der Waals surface area contributed by atoms with Gasteiger partial charge in [-0.25, -0.2) is 4.79 Å². The second-order valence-electron chi connectivity index (χ2n) is 9.05. The van der Waals surface area contributed by atoms with Gasteiger partial charge in [0.05, 0.1) is 10.7 Å². The predicted octanol–water partition coefficient (Wildman–Crippen LogP) is 4.77. The van der Waals surface area contributed by atoms with Crippen molar-refractivity contribution in [3.8, 4) is 11.5 Å². The Bertz CT molecular complexity index is 1010. The SMILES string of the molecule is CC1/C=C/C[C@@H](C)OC(=O)c2c(O)cc(O)c(Cl)c2CC(=N/OCC(=O)N2CCCCC2)/C=C/C1. The van der Waals surface area contributed by atoms with E-state index >= 15 is 0 Å². The van der Waals surface area contributed by atoms with E-state index in [0.29, 0.717) is 25.2 Å². The first kappa shape index (κ1) is 26.6. The number of ether oxygens (including phenoxy) is 1. The first-order chi connectivity index (χ1) is 16.8. The van der Waals surface area contributed by atoms with E-state index in [1.807, 2.05) is 18.2 Å². The molecule has 1 fully saturated rings. The summed E-state index contributed by atoms with van der Waals surface area (Å²) in [4.78, 5) is 32.5. The van der Waals surface area contributed by atoms with Crippen molar-refractivity contribution in [3.05, 3.63) is 46.5 Å². The number of fused-ring (bicyclic) bond motifs is 1. The lowest BCUT2D eigenvalue weighted by molar-refractivity contribution is -0.137. The summed E-state index contributed by atoms with van der Waals surface area (Å²) in [5.74, 6) is -1.46. The molecule has 190 valence electrons. The van der Waals surface area contributed by atoms with E-state index in [1.165, 1.54) is 0 Å². The second kappa shape index (κ2) is 12.6. The number of carbonyl (C=O) groups excluding carboxylic acids is 2. The summed E-state index contributed by atoms with van der Waals surface area (Å²) in [6, 6.07) is 1.01. The van der Waals surface area contributed by atoms with Crippen molar-refractivity contribution in [1.29, 1.82) is 0 Å². The van der Waals surface area contributed by atoms with Crippen LogP contribution in [0.1, 0.15) is 61.9 Å². The molecule has 1 aromatic rings. The molecule has 8 nitrogen and oxygen atoms in total. The molecule has 0 radical (unpaired) electrons. The maximum Gasteiger partial charge on any atom is 0.342 e. The van der Waals surface area contributed by atoms with Crippen LogP contribution >= 0.6 is 11.6 Å². The van der Waals surface area contributed by atoms with Gasteiger partial charge in [-0.1, -0.05) is 41.9 Å². The summed E-state index contributed by atoms with van der Waals surface area (Å²) in [7, 11) is 0. The lowest BCUT2D eigenvalue weighted by Gasteiger charge is -2.26. The van der Waals surface area contributed by atoms with Crippen molar-refractivity contribution in [2.45, 2.75) is 58.5 Å². The number of rotatable bonds is 3. The number of esters is 1. The van der Waals surface area contributed by atoms with Crippen molar-refractivity contribution in [1.82, 2.24) is 4.90 Å². The van der Waals surface area contributed by atoms with E-state index in [1.54, 1.807) is 17.9 Å². The quantitative estimate of drug-likeness (QED) is 0.349. The van der Waals surface area contributed by atoms with Crippen LogP contribution in [0.4, 0.5) is 0 Å². The first-order valence-corrected chi connectivity index (χ1v) is 12.4. The molecule has 2 aliphatic heterocycles. The van der Waals surface area contributed by atoms with Gasteiger partial charge < -0.3 is 24.7 Å². The van der Waals surface area contributed by atoms with Crippen LogP contribution < -0.4 is 0 Å². The number of halogens is 1. The molecule has 35 heavy (non-hydrogen) atoms. The summed E-state index contributed by atoms with van der Waals surface area (Å²) in [5.41, 5.74) is 0.398. The number of hydrogen-bond donors (Lipinski definition) is 2. The number of phenols is 2. The maximum atomic E-state index is 12.9. The van der Waals surface area contributed by atoms with Crippen LogP contribution in [0.5, 0.6) is 11.5 Å². The molecule has 0 aliphatic carbocycles. The third-order valence-corrected chi connectivity index (χ3v) is 6.44. The van der Waals surface area contributed by atoms with E-state index in [4.69, 9.17) is 21.2 Å². The molecule has 0 bridgehead atoms. The summed E-state index contributed by atoms with van der Waals surface area (Å²) in [6.07, 6.45) is 11.5. The second-order valence-corrected chi connectivity index (χ2v) is 9.43. The molecule has 3 rings (SSSR count). The van der Waals surface area contributed by atoms with Gasteiger partial charge in [0.15, 0.2) is 6.61 Å². The average molecular weight is 505 g/mol. The van der Waals surface area contributed by atoms with E-state index in [9.17, 15) is 19.8 Å². The van der Waals surface area contributed by atoms with Crippen molar-refractivity contribution < 1.29 is 29.4 Å². The van der Waals surface area contributed by atoms with Gasteiger partial charge in [0.25, 0.3) is 5.91 Å². The molecule has 1 saturated heterocycles. The Kier molecular flexibility index (Phi) is 9.60. The first-order valence-electron chi connectivity index (χ1n) is 12.0. The molecular formula is C26H33ClN2O6. The summed E-state index contributed by atoms with van der Waals surface area (Å²) in [6.45, 7) is 5.05. The molecule has 0 spiro atoms. The topological polar surface area (TPSA) is 109 Å². The fourth-order valence-corrected chi connectivity index (χ4v) is 4.29. The lowest BCUT2D eigenvalue weighted by atomic mass is 9.98. The monoisotopic (exact) mass is 504 g/mol. The van der Waals surface area contributed by atoms with Crippen LogP contribution in [0.25, 0.3) is 0 Å². The molecule has 1 unspecified atom stereocenters. The Balaban J connectivity index is 1.91. The maximum absolute atomic E-state index is 12.9. The van der Waals surface area contributed by atoms with Crippen LogP contribution in [0.3, 0.4) is 0 Å². The number of allylic oxidation sites excluding steroid dienone is 3. The van der Waals surface area contributed by atoms with Gasteiger partial charge in [-0.05, 0) is 50.2 Å². The molecule has 1 amide bonds. The fraction of sp³-hybridized carbons (Fsp3) is 0.500. The van der Waals surface area contributed by atoms with Crippen LogP contribution in [0.15, 0.2) is 35.5 Å². The summed E-state index contributed by atoms with van der Waals surface area (Å²) in [5, 5.41) is 24.7. The van der Waals surface area contributed by atoms with Gasteiger partial charge in [-0.15, -0.1) is 0 Å². The molecule has 0 saturated carbocycles. The Morgan fingerprint density at radius 3 is 2.66 bits per heavy atom. The van der Waals surface area contributed by atoms with Crippen molar-refractivity contribution in [2.75, 3.05) is 19.7 Å². The number of likely N-dealkylation sites (tertiary alicyclic amines) is 1. The van der Waals surface area contributed by atoms with Gasteiger partial charge in [-0.3, -0.25) is 4.79 Å². The Labute approximate surface area is 210 Å². The minimum atomic E-state index is -0.755. The van der Waals surface area contributed by atoms with Crippen molar-refractivity contribution in [3.63, 3.8) is 0 Å². The average Bonchev–Trinajstić information content (AvgIpc) is 2.82. The van der Waals surface area contributed by atoms with Crippen LogP contribution in [-0.4, -0.2) is 58.5 Å². The molecule has 2 aliphatic rings. The number of hydrogen-bond acceptors (Lipinski definition) is 7. The highest BCUT2D eigenvalue weighted by Crippen LogP contribution is 2.37. The summed E-state index contributed by atoms with van der Waals surface area (Å²) >= 11 is 6.35. The molecule has 2 atom stereocenters. The standard InChI is InChI=1S/C26H33ClN2O6/c1-17-8-6-10-18(2)35-26(33)24-20(25(27)22(31)15-21(24)30)14-19(11-7-9-17)28-34-16-23(32)29-12-4-3-5-13-29/h6-8,11,15,17-18,30-31H,3-5,9-10,12-14,16H2,1-2H3/b8-6+,11-7+,28-19+/t17?,18-/m1/s1. The zero-order valence-electron chi connectivity index (χ0n) is 20.2. The highest BCUT2D eigenvalue weighted by molar-refractivity contribution is 6.33. The van der Waals surface area contributed by atoms with Crippen molar-refractivity contribution >= 4 is 29.2 Å². The number of carbonyl (C=O) groups is 2. The van der Waals surface area contributed by atoms with Gasteiger partial charge in [0.1, 0.15) is 23.2 Å². The Morgan fingerprint density at radius 2 is 1.91 bits per heavy atom. The minimum Gasteiger partial charge on any atom is -0.507 e. The number of amides is 1.